The molecule has 2 aromatic rings. The summed E-state index contributed by atoms with van der Waals surface area (Å²) in [5.41, 5.74) is 7.68. The van der Waals surface area contributed by atoms with E-state index in [0.29, 0.717) is 11.1 Å². The molecular formula is C17H20F3N3O2S2. The normalized spacial score (nSPS) is 17.4. The van der Waals surface area contributed by atoms with Crippen molar-refractivity contribution in [3.05, 3.63) is 10.4 Å². The van der Waals surface area contributed by atoms with Crippen LogP contribution in [0.4, 0.5) is 19.0 Å². The van der Waals surface area contributed by atoms with Gasteiger partial charge >= 0.3 is 12.1 Å². The highest BCUT2D eigenvalue weighted by Gasteiger charge is 2.38. The lowest BCUT2D eigenvalue weighted by Gasteiger charge is -2.11. The molecule has 2 aromatic heterocycles. The molecule has 1 saturated carbocycles. The summed E-state index contributed by atoms with van der Waals surface area (Å²) in [6.45, 7) is 0. The lowest BCUT2D eigenvalue weighted by atomic mass is 9.97. The van der Waals surface area contributed by atoms with Crippen LogP contribution in [0.25, 0.3) is 10.2 Å². The number of halogens is 3. The number of fused-ring (bicyclic) bond motifs is 3. The predicted molar refractivity (Wildman–Crippen MR) is 100 cm³/mol. The van der Waals surface area contributed by atoms with Crippen LogP contribution in [0, 0.1) is 0 Å². The monoisotopic (exact) mass is 419 g/mol. The number of carboxylic acid groups (broad SMARTS) is 1. The van der Waals surface area contributed by atoms with Crippen molar-refractivity contribution in [2.45, 2.75) is 67.9 Å². The number of nitrogens with zero attached hydrogens (tertiary/aromatic N) is 2. The van der Waals surface area contributed by atoms with Crippen molar-refractivity contribution in [1.82, 2.24) is 9.97 Å². The van der Waals surface area contributed by atoms with Gasteiger partial charge in [0.1, 0.15) is 10.6 Å². The molecule has 5 nitrogen and oxygen atoms in total. The third-order valence-corrected chi connectivity index (χ3v) is 7.02. The van der Waals surface area contributed by atoms with Crippen LogP contribution in [0.15, 0.2) is 5.16 Å². The average molecular weight is 419 g/mol. The molecule has 0 radical (unpaired) electrons. The molecule has 4 rings (SSSR count). The molecule has 0 saturated heterocycles. The summed E-state index contributed by atoms with van der Waals surface area (Å²) in [6, 6.07) is 0. The number of nitrogens with two attached hydrogens (primary N) is 1. The van der Waals surface area contributed by atoms with Gasteiger partial charge in [0.2, 0.25) is 0 Å². The van der Waals surface area contributed by atoms with Gasteiger partial charge in [0.15, 0.2) is 5.16 Å². The fourth-order valence-corrected chi connectivity index (χ4v) is 5.86. The summed E-state index contributed by atoms with van der Waals surface area (Å²) in [6.07, 6.45) is 5.14. The minimum absolute atomic E-state index is 0.696. The van der Waals surface area contributed by atoms with E-state index < -0.39 is 12.1 Å². The van der Waals surface area contributed by atoms with Crippen LogP contribution in [0.5, 0.6) is 0 Å². The highest BCUT2D eigenvalue weighted by Crippen LogP contribution is 2.40. The first kappa shape index (κ1) is 20.2. The topological polar surface area (TPSA) is 89.1 Å². The molecule has 10 heteroatoms. The number of carbonyl (C=O) groups is 1. The van der Waals surface area contributed by atoms with Crippen molar-refractivity contribution in [3.63, 3.8) is 0 Å². The van der Waals surface area contributed by atoms with Crippen LogP contribution in [0.3, 0.4) is 0 Å². The molecule has 0 atom stereocenters. The Morgan fingerprint density at radius 2 is 1.78 bits per heavy atom. The van der Waals surface area contributed by atoms with Gasteiger partial charge in [-0.3, -0.25) is 0 Å². The zero-order valence-corrected chi connectivity index (χ0v) is 16.1. The molecule has 0 aromatic carbocycles. The van der Waals surface area contributed by atoms with Gasteiger partial charge in [-0.15, -0.1) is 11.3 Å². The number of thioether (sulfide) groups is 1. The maximum atomic E-state index is 10.6. The number of anilines is 1. The molecule has 3 N–H and O–H groups in total. The molecule has 27 heavy (non-hydrogen) atoms. The molecular weight excluding hydrogens is 399 g/mol. The Kier molecular flexibility index (Phi) is 6.15. The summed E-state index contributed by atoms with van der Waals surface area (Å²) >= 11 is 3.67. The lowest BCUT2D eigenvalue weighted by molar-refractivity contribution is -0.192. The van der Waals surface area contributed by atoms with Gasteiger partial charge in [0, 0.05) is 10.1 Å². The van der Waals surface area contributed by atoms with Crippen molar-refractivity contribution in [2.24, 2.45) is 0 Å². The second-order valence-electron chi connectivity index (χ2n) is 6.61. The Morgan fingerprint density at radius 1 is 1.15 bits per heavy atom. The van der Waals surface area contributed by atoms with Crippen LogP contribution in [0.1, 0.15) is 49.0 Å². The van der Waals surface area contributed by atoms with Gasteiger partial charge in [-0.05, 0) is 44.1 Å². The Bertz CT molecular complexity index is 833. The second-order valence-corrected chi connectivity index (χ2v) is 8.96. The van der Waals surface area contributed by atoms with Crippen LogP contribution in [0.2, 0.25) is 0 Å². The molecule has 0 amide bonds. The number of aliphatic carboxylic acids is 1. The number of alkyl halides is 3. The first-order chi connectivity index (χ1) is 12.8. The van der Waals surface area contributed by atoms with Gasteiger partial charge < -0.3 is 10.8 Å². The van der Waals surface area contributed by atoms with E-state index >= 15 is 0 Å². The summed E-state index contributed by atoms with van der Waals surface area (Å²) in [5.74, 6) is -2.05. The van der Waals surface area contributed by atoms with Gasteiger partial charge in [-0.25, -0.2) is 14.8 Å². The fraction of sp³-hybridized carbons (Fsp3) is 0.588. The quantitative estimate of drug-likeness (QED) is 0.679. The Hall–Kier alpha value is -1.55. The second kappa shape index (κ2) is 8.22. The van der Waals surface area contributed by atoms with Crippen molar-refractivity contribution in [2.75, 3.05) is 5.73 Å². The molecule has 0 unspecified atom stereocenters. The number of hydrogen-bond acceptors (Lipinski definition) is 6. The molecule has 2 aliphatic carbocycles. The van der Waals surface area contributed by atoms with E-state index in [1.54, 1.807) is 0 Å². The van der Waals surface area contributed by atoms with Gasteiger partial charge in [-0.1, -0.05) is 24.6 Å². The van der Waals surface area contributed by atoms with E-state index in [1.165, 1.54) is 55.4 Å². The Labute approximate surface area is 162 Å². The van der Waals surface area contributed by atoms with Gasteiger partial charge in [0.05, 0.1) is 5.39 Å². The number of nitrogen functional groups attached to an aromatic ring is 1. The minimum Gasteiger partial charge on any atom is -0.475 e. The van der Waals surface area contributed by atoms with Crippen molar-refractivity contribution >= 4 is 45.1 Å². The number of aryl methyl sites for hydroxylation is 2. The van der Waals surface area contributed by atoms with E-state index in [-0.39, 0.29) is 0 Å². The van der Waals surface area contributed by atoms with Crippen LogP contribution in [-0.2, 0) is 17.6 Å². The number of carboxylic acids is 1. The highest BCUT2D eigenvalue weighted by molar-refractivity contribution is 7.99. The number of rotatable bonds is 2. The van der Waals surface area contributed by atoms with Crippen LogP contribution in [-0.4, -0.2) is 32.5 Å². The minimum atomic E-state index is -5.08. The van der Waals surface area contributed by atoms with E-state index in [0.717, 1.165) is 21.8 Å². The first-order valence-electron chi connectivity index (χ1n) is 8.80. The third-order valence-electron chi connectivity index (χ3n) is 4.64. The fourth-order valence-electron chi connectivity index (χ4n) is 3.37. The summed E-state index contributed by atoms with van der Waals surface area (Å²) in [5, 5.41) is 9.86. The number of thiophene rings is 1. The SMILES string of the molecule is Nc1nc(SC2CCCC2)nc2sc3c(c12)CCCC3.O=C(O)C(F)(F)F. The molecule has 2 aliphatic rings. The summed E-state index contributed by atoms with van der Waals surface area (Å²) in [4.78, 5) is 20.9. The lowest BCUT2D eigenvalue weighted by Crippen LogP contribution is -2.21. The molecule has 0 aliphatic heterocycles. The van der Waals surface area contributed by atoms with E-state index in [4.69, 9.17) is 20.6 Å². The smallest absolute Gasteiger partial charge is 0.475 e. The highest BCUT2D eigenvalue weighted by atomic mass is 32.2. The zero-order valence-electron chi connectivity index (χ0n) is 14.5. The van der Waals surface area contributed by atoms with Crippen molar-refractivity contribution in [1.29, 1.82) is 0 Å². The van der Waals surface area contributed by atoms with Crippen molar-refractivity contribution in [3.8, 4) is 0 Å². The number of aromatic nitrogens is 2. The van der Waals surface area contributed by atoms with Gasteiger partial charge in [0.25, 0.3) is 0 Å². The van der Waals surface area contributed by atoms with Crippen molar-refractivity contribution < 1.29 is 23.1 Å². The molecule has 148 valence electrons. The number of hydrogen-bond donors (Lipinski definition) is 2. The first-order valence-corrected chi connectivity index (χ1v) is 10.5. The largest absolute Gasteiger partial charge is 0.490 e. The van der Waals surface area contributed by atoms with Crippen LogP contribution >= 0.6 is 23.1 Å². The maximum Gasteiger partial charge on any atom is 0.490 e. The summed E-state index contributed by atoms with van der Waals surface area (Å²) < 4.78 is 31.7. The van der Waals surface area contributed by atoms with Crippen LogP contribution < -0.4 is 5.73 Å². The predicted octanol–water partition coefficient (Wildman–Crippen LogP) is 4.82. The zero-order chi connectivity index (χ0) is 19.6. The molecule has 0 spiro atoms. The Balaban J connectivity index is 0.000000260. The van der Waals surface area contributed by atoms with E-state index in [9.17, 15) is 13.2 Å². The maximum absolute atomic E-state index is 10.6. The Morgan fingerprint density at radius 3 is 2.41 bits per heavy atom. The molecule has 0 bridgehead atoms. The van der Waals surface area contributed by atoms with Gasteiger partial charge in [-0.2, -0.15) is 13.2 Å². The van der Waals surface area contributed by atoms with E-state index in [1.807, 2.05) is 23.1 Å². The van der Waals surface area contributed by atoms with E-state index in [2.05, 4.69) is 4.98 Å². The average Bonchev–Trinajstić information content (AvgIpc) is 3.21. The summed E-state index contributed by atoms with van der Waals surface area (Å²) in [7, 11) is 0. The third kappa shape index (κ3) is 4.84. The molecule has 1 fully saturated rings. The molecule has 2 heterocycles. The standard InChI is InChI=1S/C15H19N3S2.C2HF3O2/c16-13-12-10-7-3-4-8-11(10)20-14(12)18-15(17-13)19-9-5-1-2-6-9;3-2(4,5)1(6)7/h9H,1-8H2,(H2,16,17,18);(H,6,7).